The molecule has 1 saturated carbocycles. The number of hydrogen-bond donors (Lipinski definition) is 1. The molecule has 1 heterocycles. The topological polar surface area (TPSA) is 32.3 Å². The predicted octanol–water partition coefficient (Wildman–Crippen LogP) is 5.98. The second-order valence-corrected chi connectivity index (χ2v) is 7.50. The highest BCUT2D eigenvalue weighted by atomic mass is 35.5. The Hall–Kier alpha value is -2.00. The standard InChI is InChI=1S/C21H23ClN2O/c22-18-8-11-20-17(14-18)12-13-24(20)21(25)23-19-9-6-16(7-10-19)15-4-2-1-3-5-15/h6-11,14-15H,1-5,12-13H2,(H,23,25). The maximum absolute atomic E-state index is 12.6. The monoisotopic (exact) mass is 354 g/mol. The number of halogens is 1. The van der Waals surface area contributed by atoms with Gasteiger partial charge in [-0.15, -0.1) is 0 Å². The Labute approximate surface area is 154 Å². The summed E-state index contributed by atoms with van der Waals surface area (Å²) in [5.41, 5.74) is 4.35. The van der Waals surface area contributed by atoms with Gasteiger partial charge < -0.3 is 5.32 Å². The van der Waals surface area contributed by atoms with Crippen LogP contribution >= 0.6 is 11.6 Å². The van der Waals surface area contributed by atoms with Gasteiger partial charge in [-0.3, -0.25) is 4.90 Å². The van der Waals surface area contributed by atoms with E-state index in [1.54, 1.807) is 4.90 Å². The fourth-order valence-electron chi connectivity index (χ4n) is 4.05. The van der Waals surface area contributed by atoms with E-state index in [-0.39, 0.29) is 6.03 Å². The summed E-state index contributed by atoms with van der Waals surface area (Å²) < 4.78 is 0. The van der Waals surface area contributed by atoms with E-state index in [0.717, 1.165) is 28.4 Å². The molecule has 3 nitrogen and oxygen atoms in total. The first-order chi connectivity index (χ1) is 12.2. The zero-order valence-electron chi connectivity index (χ0n) is 14.3. The average Bonchev–Trinajstić information content (AvgIpc) is 3.06. The zero-order chi connectivity index (χ0) is 17.2. The average molecular weight is 355 g/mol. The Morgan fingerprint density at radius 2 is 1.80 bits per heavy atom. The molecular formula is C21H23ClN2O. The van der Waals surface area contributed by atoms with Gasteiger partial charge in [-0.1, -0.05) is 43.0 Å². The third-order valence-corrected chi connectivity index (χ3v) is 5.66. The van der Waals surface area contributed by atoms with Gasteiger partial charge in [0.25, 0.3) is 0 Å². The SMILES string of the molecule is O=C(Nc1ccc(C2CCCCC2)cc1)N1CCc2cc(Cl)ccc21. The molecular weight excluding hydrogens is 332 g/mol. The van der Waals surface area contributed by atoms with Crippen LogP contribution in [0.15, 0.2) is 42.5 Å². The molecule has 1 fully saturated rings. The number of rotatable bonds is 2. The summed E-state index contributed by atoms with van der Waals surface area (Å²) in [6.45, 7) is 0.696. The van der Waals surface area contributed by atoms with Crippen molar-refractivity contribution in [1.82, 2.24) is 0 Å². The highest BCUT2D eigenvalue weighted by Crippen LogP contribution is 2.33. The zero-order valence-corrected chi connectivity index (χ0v) is 15.1. The van der Waals surface area contributed by atoms with Gasteiger partial charge in [0.15, 0.2) is 0 Å². The van der Waals surface area contributed by atoms with E-state index in [0.29, 0.717) is 12.5 Å². The van der Waals surface area contributed by atoms with Crippen LogP contribution in [0, 0.1) is 0 Å². The molecule has 0 bridgehead atoms. The van der Waals surface area contributed by atoms with Crippen LogP contribution in [-0.2, 0) is 6.42 Å². The molecule has 0 atom stereocenters. The van der Waals surface area contributed by atoms with Gasteiger partial charge in [0.1, 0.15) is 0 Å². The van der Waals surface area contributed by atoms with Crippen molar-refractivity contribution in [2.24, 2.45) is 0 Å². The number of urea groups is 1. The van der Waals surface area contributed by atoms with E-state index < -0.39 is 0 Å². The molecule has 1 N–H and O–H groups in total. The summed E-state index contributed by atoms with van der Waals surface area (Å²) in [4.78, 5) is 14.4. The Kier molecular flexibility index (Phi) is 4.67. The van der Waals surface area contributed by atoms with Crippen LogP contribution < -0.4 is 10.2 Å². The minimum absolute atomic E-state index is 0.0773. The van der Waals surface area contributed by atoms with Gasteiger partial charge in [0.2, 0.25) is 0 Å². The molecule has 1 aliphatic carbocycles. The van der Waals surface area contributed by atoms with Crippen LogP contribution in [-0.4, -0.2) is 12.6 Å². The van der Waals surface area contributed by atoms with Crippen LogP contribution in [0.2, 0.25) is 5.02 Å². The second-order valence-electron chi connectivity index (χ2n) is 7.06. The number of nitrogens with zero attached hydrogens (tertiary/aromatic N) is 1. The van der Waals surface area contributed by atoms with Crippen molar-refractivity contribution in [2.75, 3.05) is 16.8 Å². The second kappa shape index (κ2) is 7.09. The number of carbonyl (C=O) groups is 1. The van der Waals surface area contributed by atoms with Crippen LogP contribution in [0.3, 0.4) is 0 Å². The summed E-state index contributed by atoms with van der Waals surface area (Å²) >= 11 is 6.04. The fraction of sp³-hybridized carbons (Fsp3) is 0.381. The number of anilines is 2. The lowest BCUT2D eigenvalue weighted by atomic mass is 9.84. The quantitative estimate of drug-likeness (QED) is 0.706. The summed E-state index contributed by atoms with van der Waals surface area (Å²) in [6.07, 6.45) is 7.47. The number of amides is 2. The van der Waals surface area contributed by atoms with Gasteiger partial charge in [-0.2, -0.15) is 0 Å². The molecule has 4 rings (SSSR count). The number of benzene rings is 2. The Bertz CT molecular complexity index is 766. The molecule has 0 radical (unpaired) electrons. The van der Waals surface area contributed by atoms with Crippen LogP contribution in [0.5, 0.6) is 0 Å². The van der Waals surface area contributed by atoms with Crippen molar-refractivity contribution >= 4 is 29.0 Å². The maximum Gasteiger partial charge on any atom is 0.326 e. The van der Waals surface area contributed by atoms with Gasteiger partial charge in [0.05, 0.1) is 0 Å². The van der Waals surface area contributed by atoms with E-state index in [1.165, 1.54) is 37.7 Å². The van der Waals surface area contributed by atoms with Crippen molar-refractivity contribution in [2.45, 2.75) is 44.4 Å². The Morgan fingerprint density at radius 1 is 1.04 bits per heavy atom. The molecule has 2 aromatic rings. The van der Waals surface area contributed by atoms with E-state index in [4.69, 9.17) is 11.6 Å². The van der Waals surface area contributed by atoms with Gasteiger partial charge >= 0.3 is 6.03 Å². The summed E-state index contributed by atoms with van der Waals surface area (Å²) in [5.74, 6) is 0.689. The van der Waals surface area contributed by atoms with E-state index >= 15 is 0 Å². The number of fused-ring (bicyclic) bond motifs is 1. The first-order valence-corrected chi connectivity index (χ1v) is 9.55. The molecule has 4 heteroatoms. The Morgan fingerprint density at radius 3 is 2.56 bits per heavy atom. The number of nitrogens with one attached hydrogen (secondary N) is 1. The highest BCUT2D eigenvalue weighted by molar-refractivity contribution is 6.30. The van der Waals surface area contributed by atoms with E-state index in [2.05, 4.69) is 17.4 Å². The molecule has 0 aromatic heterocycles. The largest absolute Gasteiger partial charge is 0.326 e. The van der Waals surface area contributed by atoms with Crippen LogP contribution in [0.1, 0.15) is 49.1 Å². The molecule has 2 aromatic carbocycles. The molecule has 0 saturated heterocycles. The summed E-state index contributed by atoms with van der Waals surface area (Å²) in [7, 11) is 0. The van der Waals surface area contributed by atoms with Gasteiger partial charge in [-0.05, 0) is 66.6 Å². The minimum atomic E-state index is -0.0773. The molecule has 2 amide bonds. The summed E-state index contributed by atoms with van der Waals surface area (Å²) in [6, 6.07) is 14.0. The lowest BCUT2D eigenvalue weighted by Crippen LogP contribution is -2.33. The first kappa shape index (κ1) is 16.5. The molecule has 2 aliphatic rings. The highest BCUT2D eigenvalue weighted by Gasteiger charge is 2.25. The summed E-state index contributed by atoms with van der Waals surface area (Å²) in [5, 5.41) is 3.75. The minimum Gasteiger partial charge on any atom is -0.308 e. The van der Waals surface area contributed by atoms with Crippen molar-refractivity contribution in [3.05, 3.63) is 58.6 Å². The number of hydrogen-bond acceptors (Lipinski definition) is 1. The van der Waals surface area contributed by atoms with Crippen LogP contribution in [0.4, 0.5) is 16.2 Å². The van der Waals surface area contributed by atoms with Crippen LogP contribution in [0.25, 0.3) is 0 Å². The fourth-order valence-corrected chi connectivity index (χ4v) is 4.24. The molecule has 1 aliphatic heterocycles. The normalized spacial score (nSPS) is 17.4. The van der Waals surface area contributed by atoms with E-state index in [9.17, 15) is 4.79 Å². The smallest absolute Gasteiger partial charge is 0.308 e. The van der Waals surface area contributed by atoms with Crippen molar-refractivity contribution in [3.8, 4) is 0 Å². The molecule has 0 spiro atoms. The third kappa shape index (κ3) is 3.52. The first-order valence-electron chi connectivity index (χ1n) is 9.17. The Balaban J connectivity index is 1.43. The van der Waals surface area contributed by atoms with E-state index in [1.807, 2.05) is 30.3 Å². The lowest BCUT2D eigenvalue weighted by molar-refractivity contribution is 0.257. The van der Waals surface area contributed by atoms with Crippen molar-refractivity contribution < 1.29 is 4.79 Å². The lowest BCUT2D eigenvalue weighted by Gasteiger charge is -2.22. The molecule has 25 heavy (non-hydrogen) atoms. The van der Waals surface area contributed by atoms with Gasteiger partial charge in [0, 0.05) is 22.9 Å². The predicted molar refractivity (Wildman–Crippen MR) is 104 cm³/mol. The molecule has 130 valence electrons. The van der Waals surface area contributed by atoms with Gasteiger partial charge in [-0.25, -0.2) is 4.79 Å². The maximum atomic E-state index is 12.6. The number of carbonyl (C=O) groups excluding carboxylic acids is 1. The molecule has 0 unspecified atom stereocenters. The van der Waals surface area contributed by atoms with Crippen molar-refractivity contribution in [1.29, 1.82) is 0 Å². The third-order valence-electron chi connectivity index (χ3n) is 5.42. The van der Waals surface area contributed by atoms with Crippen molar-refractivity contribution in [3.63, 3.8) is 0 Å².